The van der Waals surface area contributed by atoms with Crippen molar-refractivity contribution in [1.29, 1.82) is 0 Å². The molecule has 2 rings (SSSR count). The van der Waals surface area contributed by atoms with Crippen LogP contribution in [0.5, 0.6) is 0 Å². The van der Waals surface area contributed by atoms with Gasteiger partial charge < -0.3 is 5.32 Å². The fraction of sp³-hybridized carbons (Fsp3) is 0.500. The van der Waals surface area contributed by atoms with Gasteiger partial charge in [-0.05, 0) is 30.5 Å². The number of rotatable bonds is 3. The van der Waals surface area contributed by atoms with Crippen molar-refractivity contribution in [2.75, 3.05) is 16.6 Å². The first-order chi connectivity index (χ1) is 9.29. The van der Waals surface area contributed by atoms with Gasteiger partial charge in [0.2, 0.25) is 15.9 Å². The Labute approximate surface area is 120 Å². The van der Waals surface area contributed by atoms with Gasteiger partial charge in [-0.1, -0.05) is 19.1 Å². The molecule has 2 atom stereocenters. The summed E-state index contributed by atoms with van der Waals surface area (Å²) in [6.07, 6.45) is 0. The van der Waals surface area contributed by atoms with Gasteiger partial charge in [-0.3, -0.25) is 9.10 Å². The summed E-state index contributed by atoms with van der Waals surface area (Å²) in [7, 11) is -3.18. The zero-order valence-corrected chi connectivity index (χ0v) is 12.8. The molecule has 1 heterocycles. The molecule has 5 nitrogen and oxygen atoms in total. The monoisotopic (exact) mass is 296 g/mol. The molecule has 1 amide bonds. The summed E-state index contributed by atoms with van der Waals surface area (Å²) in [5.41, 5.74) is 1.64. The van der Waals surface area contributed by atoms with Gasteiger partial charge in [-0.15, -0.1) is 0 Å². The number of carbonyl (C=O) groups excluding carboxylic acids is 1. The number of amides is 1. The van der Waals surface area contributed by atoms with Crippen molar-refractivity contribution in [3.63, 3.8) is 0 Å². The van der Waals surface area contributed by atoms with E-state index in [0.717, 1.165) is 5.56 Å². The first-order valence-corrected chi connectivity index (χ1v) is 8.28. The number of hydrogen-bond donors (Lipinski definition) is 1. The van der Waals surface area contributed by atoms with Gasteiger partial charge in [-0.2, -0.15) is 0 Å². The first kappa shape index (κ1) is 14.8. The van der Waals surface area contributed by atoms with Crippen LogP contribution in [0.2, 0.25) is 0 Å². The van der Waals surface area contributed by atoms with Crippen molar-refractivity contribution in [1.82, 2.24) is 5.32 Å². The molecule has 1 aromatic rings. The fourth-order valence-corrected chi connectivity index (χ4v) is 4.41. The molecule has 1 aliphatic rings. The van der Waals surface area contributed by atoms with E-state index in [1.807, 2.05) is 26.0 Å². The van der Waals surface area contributed by atoms with Gasteiger partial charge in [0.25, 0.3) is 0 Å². The SMILES string of the molecule is CC(=O)NC(C)c1ccc(N2CC(C)CS2(=O)=O)cc1. The molecule has 0 aromatic heterocycles. The summed E-state index contributed by atoms with van der Waals surface area (Å²) in [4.78, 5) is 11.0. The van der Waals surface area contributed by atoms with E-state index < -0.39 is 10.0 Å². The van der Waals surface area contributed by atoms with E-state index in [1.54, 1.807) is 12.1 Å². The highest BCUT2D eigenvalue weighted by atomic mass is 32.2. The van der Waals surface area contributed by atoms with Gasteiger partial charge in [0.1, 0.15) is 0 Å². The molecule has 1 fully saturated rings. The van der Waals surface area contributed by atoms with E-state index in [1.165, 1.54) is 11.2 Å². The van der Waals surface area contributed by atoms with Crippen LogP contribution in [0.15, 0.2) is 24.3 Å². The Morgan fingerprint density at radius 2 is 1.95 bits per heavy atom. The molecule has 6 heteroatoms. The Morgan fingerprint density at radius 3 is 2.40 bits per heavy atom. The van der Waals surface area contributed by atoms with Crippen LogP contribution in [0.1, 0.15) is 32.4 Å². The smallest absolute Gasteiger partial charge is 0.235 e. The lowest BCUT2D eigenvalue weighted by atomic mass is 10.1. The average Bonchev–Trinajstić information content (AvgIpc) is 2.62. The van der Waals surface area contributed by atoms with Crippen LogP contribution in [-0.2, 0) is 14.8 Å². The van der Waals surface area contributed by atoms with Crippen LogP contribution in [-0.4, -0.2) is 26.6 Å². The number of nitrogens with zero attached hydrogens (tertiary/aromatic N) is 1. The minimum absolute atomic E-state index is 0.0856. The van der Waals surface area contributed by atoms with Crippen molar-refractivity contribution in [3.8, 4) is 0 Å². The third kappa shape index (κ3) is 3.12. The third-order valence-corrected chi connectivity index (χ3v) is 5.43. The summed E-state index contributed by atoms with van der Waals surface area (Å²) in [5.74, 6) is 0.271. The zero-order valence-electron chi connectivity index (χ0n) is 12.0. The number of sulfonamides is 1. The molecule has 1 saturated heterocycles. The fourth-order valence-electron chi connectivity index (χ4n) is 2.48. The van der Waals surface area contributed by atoms with E-state index in [-0.39, 0.29) is 23.6 Å². The van der Waals surface area contributed by atoms with Crippen molar-refractivity contribution in [2.24, 2.45) is 5.92 Å². The summed E-state index contributed by atoms with van der Waals surface area (Å²) in [6, 6.07) is 7.21. The van der Waals surface area contributed by atoms with Crippen molar-refractivity contribution in [2.45, 2.75) is 26.8 Å². The Morgan fingerprint density at radius 1 is 1.35 bits per heavy atom. The van der Waals surface area contributed by atoms with Crippen molar-refractivity contribution in [3.05, 3.63) is 29.8 Å². The number of carbonyl (C=O) groups is 1. The number of nitrogens with one attached hydrogen (secondary N) is 1. The summed E-state index contributed by atoms with van der Waals surface area (Å²) in [5, 5.41) is 2.80. The minimum atomic E-state index is -3.18. The lowest BCUT2D eigenvalue weighted by molar-refractivity contribution is -0.119. The molecule has 1 N–H and O–H groups in total. The second-order valence-electron chi connectivity index (χ2n) is 5.43. The molecule has 1 aromatic carbocycles. The standard InChI is InChI=1S/C14H20N2O3S/c1-10-8-16(20(18,19)9-10)14-6-4-13(5-7-14)11(2)15-12(3)17/h4-7,10-11H,8-9H2,1-3H3,(H,15,17). The second-order valence-corrected chi connectivity index (χ2v) is 7.37. The van der Waals surface area contributed by atoms with Crippen molar-refractivity contribution < 1.29 is 13.2 Å². The van der Waals surface area contributed by atoms with Gasteiger partial charge >= 0.3 is 0 Å². The van der Waals surface area contributed by atoms with Gasteiger partial charge in [-0.25, -0.2) is 8.42 Å². The largest absolute Gasteiger partial charge is 0.350 e. The molecular weight excluding hydrogens is 276 g/mol. The predicted molar refractivity (Wildman–Crippen MR) is 79.0 cm³/mol. The predicted octanol–water partition coefficient (Wildman–Crippen LogP) is 1.67. The zero-order chi connectivity index (χ0) is 14.9. The van der Waals surface area contributed by atoms with Gasteiger partial charge in [0, 0.05) is 13.5 Å². The molecule has 0 radical (unpaired) electrons. The lowest BCUT2D eigenvalue weighted by Crippen LogP contribution is -2.26. The van der Waals surface area contributed by atoms with Crippen LogP contribution in [0.3, 0.4) is 0 Å². The summed E-state index contributed by atoms with van der Waals surface area (Å²) < 4.78 is 25.5. The maximum atomic E-state index is 12.0. The Kier molecular flexibility index (Phi) is 4.04. The van der Waals surface area contributed by atoms with Crippen molar-refractivity contribution >= 4 is 21.6 Å². The van der Waals surface area contributed by atoms with Crippen LogP contribution in [0.25, 0.3) is 0 Å². The number of anilines is 1. The topological polar surface area (TPSA) is 66.5 Å². The molecule has 0 saturated carbocycles. The molecule has 110 valence electrons. The maximum Gasteiger partial charge on any atom is 0.235 e. The minimum Gasteiger partial charge on any atom is -0.350 e. The molecule has 0 aliphatic carbocycles. The van der Waals surface area contributed by atoms with Crippen LogP contribution in [0, 0.1) is 5.92 Å². The molecule has 0 bridgehead atoms. The molecule has 0 spiro atoms. The summed E-state index contributed by atoms with van der Waals surface area (Å²) in [6.45, 7) is 5.84. The third-order valence-electron chi connectivity index (χ3n) is 3.41. The number of hydrogen-bond acceptors (Lipinski definition) is 3. The van der Waals surface area contributed by atoms with Crippen LogP contribution < -0.4 is 9.62 Å². The Hall–Kier alpha value is -1.56. The van der Waals surface area contributed by atoms with E-state index in [2.05, 4.69) is 5.32 Å². The summed E-state index contributed by atoms with van der Waals surface area (Å²) >= 11 is 0. The Bertz CT molecular complexity index is 595. The Balaban J connectivity index is 2.18. The van der Waals surface area contributed by atoms with Crippen LogP contribution in [0.4, 0.5) is 5.69 Å². The van der Waals surface area contributed by atoms with E-state index in [0.29, 0.717) is 12.2 Å². The second kappa shape index (κ2) is 5.44. The van der Waals surface area contributed by atoms with Gasteiger partial charge in [0.15, 0.2) is 0 Å². The van der Waals surface area contributed by atoms with Gasteiger partial charge in [0.05, 0.1) is 17.5 Å². The molecule has 1 aliphatic heterocycles. The van der Waals surface area contributed by atoms with E-state index >= 15 is 0 Å². The quantitative estimate of drug-likeness (QED) is 0.922. The highest BCUT2D eigenvalue weighted by Gasteiger charge is 2.33. The normalized spacial score (nSPS) is 22.6. The molecular formula is C14H20N2O3S. The van der Waals surface area contributed by atoms with Crippen LogP contribution >= 0.6 is 0 Å². The van der Waals surface area contributed by atoms with E-state index in [9.17, 15) is 13.2 Å². The molecule has 2 unspecified atom stereocenters. The highest BCUT2D eigenvalue weighted by Crippen LogP contribution is 2.27. The number of benzene rings is 1. The average molecular weight is 296 g/mol. The maximum absolute atomic E-state index is 12.0. The van der Waals surface area contributed by atoms with E-state index in [4.69, 9.17) is 0 Å². The first-order valence-electron chi connectivity index (χ1n) is 6.67. The molecule has 20 heavy (non-hydrogen) atoms. The lowest BCUT2D eigenvalue weighted by Gasteiger charge is -2.19. The highest BCUT2D eigenvalue weighted by molar-refractivity contribution is 7.93.